The summed E-state index contributed by atoms with van der Waals surface area (Å²) in [6.45, 7) is 7.85. The van der Waals surface area contributed by atoms with Crippen molar-refractivity contribution < 1.29 is 14.7 Å². The topological polar surface area (TPSA) is 82.5 Å². The standard InChI is InChI=1S/C13H21N3O3S/c1-5-16(6-8(2)12(17)18)13(19)15-10(4)11-14-9(3)7-20-11/h7-8,10H,5-6H2,1-4H3,(H,15,19)(H,17,18). The largest absolute Gasteiger partial charge is 0.481 e. The third kappa shape index (κ3) is 4.48. The number of urea groups is 1. The van der Waals surface area contributed by atoms with Crippen molar-refractivity contribution in [2.24, 2.45) is 5.92 Å². The predicted octanol–water partition coefficient (Wildman–Crippen LogP) is 2.26. The summed E-state index contributed by atoms with van der Waals surface area (Å²) in [5.74, 6) is -1.49. The Hall–Kier alpha value is -1.63. The molecule has 2 amide bonds. The van der Waals surface area contributed by atoms with Crippen LogP contribution in [-0.4, -0.2) is 40.1 Å². The molecule has 0 spiro atoms. The number of hydrogen-bond acceptors (Lipinski definition) is 4. The van der Waals surface area contributed by atoms with E-state index in [0.717, 1.165) is 10.7 Å². The maximum absolute atomic E-state index is 12.1. The van der Waals surface area contributed by atoms with E-state index in [1.54, 1.807) is 6.92 Å². The molecule has 1 aromatic rings. The lowest BCUT2D eigenvalue weighted by Gasteiger charge is -2.24. The van der Waals surface area contributed by atoms with E-state index in [1.165, 1.54) is 16.2 Å². The lowest BCUT2D eigenvalue weighted by molar-refractivity contribution is -0.141. The first-order chi connectivity index (χ1) is 9.35. The van der Waals surface area contributed by atoms with Gasteiger partial charge in [-0.2, -0.15) is 0 Å². The fourth-order valence-electron chi connectivity index (χ4n) is 1.67. The summed E-state index contributed by atoms with van der Waals surface area (Å²) in [4.78, 5) is 28.8. The second-order valence-corrected chi connectivity index (χ2v) is 5.67. The Bertz CT molecular complexity index is 475. The normalized spacial score (nSPS) is 13.6. The minimum Gasteiger partial charge on any atom is -0.481 e. The second kappa shape index (κ2) is 7.23. The molecule has 6 nitrogen and oxygen atoms in total. The number of carboxylic acid groups (broad SMARTS) is 1. The number of hydrogen-bond donors (Lipinski definition) is 2. The van der Waals surface area contributed by atoms with Crippen LogP contribution in [0, 0.1) is 12.8 Å². The van der Waals surface area contributed by atoms with Gasteiger partial charge in [0, 0.05) is 24.2 Å². The van der Waals surface area contributed by atoms with Crippen LogP contribution in [0.25, 0.3) is 0 Å². The van der Waals surface area contributed by atoms with Crippen LogP contribution in [0.15, 0.2) is 5.38 Å². The van der Waals surface area contributed by atoms with Gasteiger partial charge in [0.25, 0.3) is 0 Å². The van der Waals surface area contributed by atoms with Gasteiger partial charge in [-0.15, -0.1) is 11.3 Å². The molecule has 2 atom stereocenters. The maximum atomic E-state index is 12.1. The number of aryl methyl sites for hydroxylation is 1. The molecule has 0 saturated heterocycles. The van der Waals surface area contributed by atoms with Crippen LogP contribution in [0.1, 0.15) is 37.5 Å². The van der Waals surface area contributed by atoms with Gasteiger partial charge in [0.05, 0.1) is 12.0 Å². The maximum Gasteiger partial charge on any atom is 0.317 e. The highest BCUT2D eigenvalue weighted by molar-refractivity contribution is 7.09. The fraction of sp³-hybridized carbons (Fsp3) is 0.615. The molecule has 20 heavy (non-hydrogen) atoms. The van der Waals surface area contributed by atoms with E-state index >= 15 is 0 Å². The zero-order chi connectivity index (χ0) is 15.3. The predicted molar refractivity (Wildman–Crippen MR) is 77.8 cm³/mol. The minimum absolute atomic E-state index is 0.185. The molecule has 0 saturated carbocycles. The molecule has 112 valence electrons. The molecule has 0 aromatic carbocycles. The molecule has 0 aliphatic rings. The van der Waals surface area contributed by atoms with Crippen molar-refractivity contribution in [1.29, 1.82) is 0 Å². The van der Waals surface area contributed by atoms with Gasteiger partial charge in [0.2, 0.25) is 0 Å². The van der Waals surface area contributed by atoms with E-state index in [-0.39, 0.29) is 18.6 Å². The average molecular weight is 299 g/mol. The van der Waals surface area contributed by atoms with Gasteiger partial charge in [-0.25, -0.2) is 9.78 Å². The number of aromatic nitrogens is 1. The van der Waals surface area contributed by atoms with Crippen molar-refractivity contribution in [2.75, 3.05) is 13.1 Å². The SMILES string of the molecule is CCN(CC(C)C(=O)O)C(=O)NC(C)c1nc(C)cs1. The van der Waals surface area contributed by atoms with Gasteiger partial charge < -0.3 is 15.3 Å². The molecule has 0 aliphatic carbocycles. The van der Waals surface area contributed by atoms with E-state index in [1.807, 2.05) is 26.2 Å². The first-order valence-electron chi connectivity index (χ1n) is 6.55. The molecule has 0 bridgehead atoms. The number of amides is 2. The number of carbonyl (C=O) groups excluding carboxylic acids is 1. The van der Waals surface area contributed by atoms with Crippen LogP contribution in [0.2, 0.25) is 0 Å². The Morgan fingerprint density at radius 3 is 2.60 bits per heavy atom. The molecule has 0 radical (unpaired) electrons. The third-order valence-electron chi connectivity index (χ3n) is 2.93. The average Bonchev–Trinajstić information content (AvgIpc) is 2.81. The molecule has 0 fully saturated rings. The molecule has 1 rings (SSSR count). The number of nitrogens with zero attached hydrogens (tertiary/aromatic N) is 2. The van der Waals surface area contributed by atoms with Crippen LogP contribution >= 0.6 is 11.3 Å². The summed E-state index contributed by atoms with van der Waals surface area (Å²) < 4.78 is 0. The molecule has 7 heteroatoms. The Labute approximate surface area is 122 Å². The molecule has 1 heterocycles. The summed E-state index contributed by atoms with van der Waals surface area (Å²) in [6, 6.07) is -0.448. The van der Waals surface area contributed by atoms with Crippen LogP contribution in [0.4, 0.5) is 4.79 Å². The Kier molecular flexibility index (Phi) is 5.94. The Morgan fingerprint density at radius 1 is 1.50 bits per heavy atom. The van der Waals surface area contributed by atoms with Crippen LogP contribution in [0.3, 0.4) is 0 Å². The van der Waals surface area contributed by atoms with Crippen molar-refractivity contribution in [1.82, 2.24) is 15.2 Å². The summed E-state index contributed by atoms with van der Waals surface area (Å²) in [5, 5.41) is 14.5. The molecular weight excluding hydrogens is 278 g/mol. The molecule has 2 N–H and O–H groups in total. The lowest BCUT2D eigenvalue weighted by atomic mass is 10.2. The highest BCUT2D eigenvalue weighted by Crippen LogP contribution is 2.17. The van der Waals surface area contributed by atoms with Gasteiger partial charge in [0.1, 0.15) is 5.01 Å². The number of nitrogens with one attached hydrogen (secondary N) is 1. The van der Waals surface area contributed by atoms with E-state index in [2.05, 4.69) is 10.3 Å². The highest BCUT2D eigenvalue weighted by atomic mass is 32.1. The van der Waals surface area contributed by atoms with E-state index in [9.17, 15) is 9.59 Å². The summed E-state index contributed by atoms with van der Waals surface area (Å²) >= 11 is 1.50. The number of rotatable bonds is 6. The second-order valence-electron chi connectivity index (χ2n) is 4.78. The van der Waals surface area contributed by atoms with Crippen molar-refractivity contribution in [3.63, 3.8) is 0 Å². The molecule has 2 unspecified atom stereocenters. The van der Waals surface area contributed by atoms with Gasteiger partial charge in [-0.05, 0) is 20.8 Å². The quantitative estimate of drug-likeness (QED) is 0.844. The monoisotopic (exact) mass is 299 g/mol. The number of carbonyl (C=O) groups is 2. The fourth-order valence-corrected chi connectivity index (χ4v) is 2.48. The number of carboxylic acids is 1. The minimum atomic E-state index is -0.903. The highest BCUT2D eigenvalue weighted by Gasteiger charge is 2.21. The first-order valence-corrected chi connectivity index (χ1v) is 7.43. The van der Waals surface area contributed by atoms with Crippen LogP contribution < -0.4 is 5.32 Å². The van der Waals surface area contributed by atoms with Crippen molar-refractivity contribution in [3.8, 4) is 0 Å². The molecule has 1 aromatic heterocycles. The Morgan fingerprint density at radius 2 is 2.15 bits per heavy atom. The van der Waals surface area contributed by atoms with E-state index in [4.69, 9.17) is 5.11 Å². The zero-order valence-electron chi connectivity index (χ0n) is 12.2. The summed E-state index contributed by atoms with van der Waals surface area (Å²) in [7, 11) is 0. The van der Waals surface area contributed by atoms with Gasteiger partial charge in [-0.1, -0.05) is 6.92 Å². The molecule has 0 aliphatic heterocycles. The van der Waals surface area contributed by atoms with E-state index in [0.29, 0.717) is 6.54 Å². The van der Waals surface area contributed by atoms with Crippen molar-refractivity contribution in [2.45, 2.75) is 33.7 Å². The van der Waals surface area contributed by atoms with Crippen molar-refractivity contribution in [3.05, 3.63) is 16.1 Å². The lowest BCUT2D eigenvalue weighted by Crippen LogP contribution is -2.44. The number of aliphatic carboxylic acids is 1. The third-order valence-corrected chi connectivity index (χ3v) is 4.08. The molecular formula is C13H21N3O3S. The smallest absolute Gasteiger partial charge is 0.317 e. The van der Waals surface area contributed by atoms with Gasteiger partial charge >= 0.3 is 12.0 Å². The van der Waals surface area contributed by atoms with Crippen LogP contribution in [0.5, 0.6) is 0 Å². The van der Waals surface area contributed by atoms with Crippen molar-refractivity contribution >= 4 is 23.3 Å². The van der Waals surface area contributed by atoms with Gasteiger partial charge in [0.15, 0.2) is 0 Å². The zero-order valence-corrected chi connectivity index (χ0v) is 13.0. The number of thiazole rings is 1. The summed E-state index contributed by atoms with van der Waals surface area (Å²) in [6.07, 6.45) is 0. The van der Waals surface area contributed by atoms with Gasteiger partial charge in [-0.3, -0.25) is 4.79 Å². The van der Waals surface area contributed by atoms with Crippen LogP contribution in [-0.2, 0) is 4.79 Å². The van der Waals surface area contributed by atoms with E-state index < -0.39 is 11.9 Å². The summed E-state index contributed by atoms with van der Waals surface area (Å²) in [5.41, 5.74) is 0.929. The Balaban J connectivity index is 2.61. The first kappa shape index (κ1) is 16.4.